The molecule has 5 heterocycles. The van der Waals surface area contributed by atoms with Crippen LogP contribution in [0.3, 0.4) is 0 Å². The second kappa shape index (κ2) is 12.5. The Kier molecular flexibility index (Phi) is 8.80. The van der Waals surface area contributed by atoms with E-state index in [0.717, 1.165) is 43.6 Å². The third-order valence-electron chi connectivity index (χ3n) is 7.04. The molecule has 2 fully saturated rings. The minimum Gasteiger partial charge on any atom is -0.481 e. The Morgan fingerprint density at radius 1 is 1.14 bits per heavy atom. The van der Waals surface area contributed by atoms with E-state index in [1.165, 1.54) is 17.3 Å². The van der Waals surface area contributed by atoms with Gasteiger partial charge in [0.25, 0.3) is 17.4 Å². The number of hydrogen-bond acceptors (Lipinski definition) is 10. The predicted molar refractivity (Wildman–Crippen MR) is 165 cm³/mol. The maximum absolute atomic E-state index is 13.7. The predicted octanol–water partition coefficient (Wildman–Crippen LogP) is 3.37. The second-order valence-electron chi connectivity index (χ2n) is 9.93. The van der Waals surface area contributed by atoms with Gasteiger partial charge >= 0.3 is 0 Å². The van der Waals surface area contributed by atoms with Crippen LogP contribution in [0.2, 0.25) is 0 Å². The molecular weight excluding hydrogens is 578 g/mol. The van der Waals surface area contributed by atoms with Gasteiger partial charge in [0.2, 0.25) is 6.79 Å². The first kappa shape index (κ1) is 29.5. The summed E-state index contributed by atoms with van der Waals surface area (Å²) >= 11 is 6.62. The molecule has 2 aromatic heterocycles. The van der Waals surface area contributed by atoms with E-state index in [-0.39, 0.29) is 18.3 Å². The molecule has 1 amide bonds. The molecule has 42 heavy (non-hydrogen) atoms. The fourth-order valence-electron chi connectivity index (χ4n) is 4.99. The lowest BCUT2D eigenvalue weighted by molar-refractivity contribution is -0.134. The van der Waals surface area contributed by atoms with E-state index in [2.05, 4.69) is 15.9 Å². The van der Waals surface area contributed by atoms with Crippen molar-refractivity contribution in [2.45, 2.75) is 27.3 Å². The molecule has 1 aromatic carbocycles. The Morgan fingerprint density at radius 2 is 1.86 bits per heavy atom. The summed E-state index contributed by atoms with van der Waals surface area (Å²) in [4.78, 5) is 47.1. The number of hydrogen-bond donors (Lipinski definition) is 1. The Labute approximate surface area is 252 Å². The molecule has 3 aliphatic heterocycles. The SMILES string of the molecule is CC(=O)O.CCN1C(=O)/C(=C/c2c(N3CCN(Cc4ccc5c(c4)OCO5)CC3)nc3c(C)cccn3c2=O)SC1=S. The molecule has 1 N–H and O–H groups in total. The molecule has 0 bridgehead atoms. The summed E-state index contributed by atoms with van der Waals surface area (Å²) in [5.41, 5.74) is 2.91. The van der Waals surface area contributed by atoms with Crippen molar-refractivity contribution in [1.82, 2.24) is 19.2 Å². The highest BCUT2D eigenvalue weighted by molar-refractivity contribution is 8.26. The first-order valence-corrected chi connectivity index (χ1v) is 14.7. The van der Waals surface area contributed by atoms with Gasteiger partial charge in [-0.05, 0) is 49.2 Å². The number of likely N-dealkylation sites (N-methyl/N-ethyl adjacent to an activating group) is 1. The number of carbonyl (C=O) groups excluding carboxylic acids is 1. The van der Waals surface area contributed by atoms with Crippen LogP contribution in [0.4, 0.5) is 5.82 Å². The first-order valence-electron chi connectivity index (χ1n) is 13.5. The normalized spacial score (nSPS) is 17.6. The number of fused-ring (bicyclic) bond motifs is 2. The van der Waals surface area contributed by atoms with Gasteiger partial charge in [-0.1, -0.05) is 36.1 Å². The zero-order chi connectivity index (χ0) is 30.0. The molecule has 11 nitrogen and oxygen atoms in total. The van der Waals surface area contributed by atoms with E-state index in [1.807, 2.05) is 38.1 Å². The average Bonchev–Trinajstić information content (AvgIpc) is 3.53. The molecule has 3 aliphatic rings. The van der Waals surface area contributed by atoms with Crippen molar-refractivity contribution in [3.63, 3.8) is 0 Å². The molecule has 0 atom stereocenters. The number of aliphatic carboxylic acids is 1. The second-order valence-corrected chi connectivity index (χ2v) is 11.6. The van der Waals surface area contributed by atoms with Crippen LogP contribution in [0.1, 0.15) is 30.5 Å². The van der Waals surface area contributed by atoms with Gasteiger partial charge in [0.05, 0.1) is 10.5 Å². The lowest BCUT2D eigenvalue weighted by Crippen LogP contribution is -2.47. The standard InChI is InChI=1S/C27H27N5O4S2.C2H4O2/c1-3-31-26(34)22(38-27(31)37)14-19-24(28-23-17(2)5-4-8-32(23)25(19)33)30-11-9-29(10-12-30)15-18-6-7-20-21(13-18)36-16-35-20;1-2(3)4/h4-8,13-14H,3,9-12,15-16H2,1-2H3;1H3,(H,3,4)/b22-14-;. The van der Waals surface area contributed by atoms with Crippen LogP contribution in [0, 0.1) is 6.92 Å². The van der Waals surface area contributed by atoms with Crippen molar-refractivity contribution in [2.24, 2.45) is 0 Å². The summed E-state index contributed by atoms with van der Waals surface area (Å²) in [6.07, 6.45) is 3.40. The topological polar surface area (TPSA) is 117 Å². The summed E-state index contributed by atoms with van der Waals surface area (Å²) < 4.78 is 13.0. The fourth-order valence-corrected chi connectivity index (χ4v) is 6.35. The summed E-state index contributed by atoms with van der Waals surface area (Å²) in [6, 6.07) is 9.84. The zero-order valence-corrected chi connectivity index (χ0v) is 25.2. The Balaban J connectivity index is 0.000000830. The van der Waals surface area contributed by atoms with E-state index in [9.17, 15) is 9.59 Å². The van der Waals surface area contributed by atoms with Crippen molar-refractivity contribution >= 4 is 57.7 Å². The Bertz CT molecular complexity index is 1640. The van der Waals surface area contributed by atoms with Gasteiger partial charge in [0, 0.05) is 52.4 Å². The molecule has 0 radical (unpaired) electrons. The summed E-state index contributed by atoms with van der Waals surface area (Å²) in [5.74, 6) is 1.17. The molecule has 3 aromatic rings. The number of ether oxygens (including phenoxy) is 2. The molecule has 0 unspecified atom stereocenters. The molecule has 0 spiro atoms. The number of carboxylic acids is 1. The minimum atomic E-state index is -0.833. The number of pyridine rings is 1. The van der Waals surface area contributed by atoms with Crippen molar-refractivity contribution in [3.8, 4) is 11.5 Å². The highest BCUT2D eigenvalue weighted by Gasteiger charge is 2.32. The third-order valence-corrected chi connectivity index (χ3v) is 8.42. The third kappa shape index (κ3) is 6.13. The first-order chi connectivity index (χ1) is 20.2. The number of thiocarbonyl (C=S) groups is 1. The molecule has 6 rings (SSSR count). The van der Waals surface area contributed by atoms with E-state index in [4.69, 9.17) is 36.6 Å². The Hall–Kier alpha value is -3.94. The number of nitrogens with zero attached hydrogens (tertiary/aromatic N) is 5. The van der Waals surface area contributed by atoms with E-state index in [1.54, 1.807) is 21.6 Å². The quantitative estimate of drug-likeness (QED) is 0.339. The maximum atomic E-state index is 13.7. The number of benzene rings is 1. The van der Waals surface area contributed by atoms with E-state index in [0.29, 0.717) is 45.9 Å². The zero-order valence-electron chi connectivity index (χ0n) is 23.5. The van der Waals surface area contributed by atoms with Crippen molar-refractivity contribution in [3.05, 3.63) is 68.5 Å². The van der Waals surface area contributed by atoms with Gasteiger partial charge in [-0.15, -0.1) is 0 Å². The number of thioether (sulfide) groups is 1. The minimum absolute atomic E-state index is 0.171. The van der Waals surface area contributed by atoms with Crippen molar-refractivity contribution in [1.29, 1.82) is 0 Å². The van der Waals surface area contributed by atoms with Gasteiger partial charge in [0.1, 0.15) is 15.8 Å². The summed E-state index contributed by atoms with van der Waals surface area (Å²) in [7, 11) is 0. The number of aromatic nitrogens is 2. The van der Waals surface area contributed by atoms with Crippen LogP contribution in [0.25, 0.3) is 11.7 Å². The maximum Gasteiger partial charge on any atom is 0.300 e. The lowest BCUT2D eigenvalue weighted by Gasteiger charge is -2.36. The number of piperazine rings is 1. The highest BCUT2D eigenvalue weighted by Crippen LogP contribution is 2.34. The molecule has 220 valence electrons. The van der Waals surface area contributed by atoms with Crippen LogP contribution in [-0.4, -0.2) is 80.0 Å². The smallest absolute Gasteiger partial charge is 0.300 e. The summed E-state index contributed by atoms with van der Waals surface area (Å²) in [5, 5.41) is 7.42. The summed E-state index contributed by atoms with van der Waals surface area (Å²) in [6.45, 7) is 9.49. The molecule has 13 heteroatoms. The number of rotatable bonds is 5. The number of amides is 1. The average molecular weight is 610 g/mol. The van der Waals surface area contributed by atoms with Crippen LogP contribution < -0.4 is 19.9 Å². The van der Waals surface area contributed by atoms with Crippen molar-refractivity contribution < 1.29 is 24.2 Å². The fraction of sp³-hybridized carbons (Fsp3) is 0.345. The van der Waals surface area contributed by atoms with Gasteiger partial charge in [-0.2, -0.15) is 0 Å². The van der Waals surface area contributed by atoms with Crippen LogP contribution in [0.15, 0.2) is 46.2 Å². The van der Waals surface area contributed by atoms with Crippen LogP contribution in [-0.2, 0) is 16.1 Å². The largest absolute Gasteiger partial charge is 0.481 e. The van der Waals surface area contributed by atoms with Gasteiger partial charge in [0.15, 0.2) is 11.5 Å². The van der Waals surface area contributed by atoms with Gasteiger partial charge < -0.3 is 19.5 Å². The number of aryl methyl sites for hydroxylation is 1. The molecular formula is C29H31N5O6S2. The number of carboxylic acid groups (broad SMARTS) is 1. The molecule has 2 saturated heterocycles. The van der Waals surface area contributed by atoms with E-state index < -0.39 is 5.97 Å². The van der Waals surface area contributed by atoms with Crippen LogP contribution >= 0.6 is 24.0 Å². The molecule has 0 aliphatic carbocycles. The van der Waals surface area contributed by atoms with Crippen molar-refractivity contribution in [2.75, 3.05) is 44.4 Å². The van der Waals surface area contributed by atoms with Gasteiger partial charge in [-0.3, -0.25) is 28.6 Å². The monoisotopic (exact) mass is 609 g/mol. The number of anilines is 1. The van der Waals surface area contributed by atoms with Gasteiger partial charge in [-0.25, -0.2) is 4.98 Å². The lowest BCUT2D eigenvalue weighted by atomic mass is 10.1. The number of carbonyl (C=O) groups is 2. The Morgan fingerprint density at radius 3 is 2.55 bits per heavy atom. The molecule has 0 saturated carbocycles. The highest BCUT2D eigenvalue weighted by atomic mass is 32.2. The van der Waals surface area contributed by atoms with Crippen LogP contribution in [0.5, 0.6) is 11.5 Å². The van der Waals surface area contributed by atoms with E-state index >= 15 is 0 Å².